The molecule has 0 unspecified atom stereocenters. The van der Waals surface area contributed by atoms with Gasteiger partial charge in [-0.1, -0.05) is 12.1 Å². The lowest BCUT2D eigenvalue weighted by molar-refractivity contribution is -0.153. The molecule has 0 aromatic heterocycles. The molecule has 1 saturated heterocycles. The number of esters is 1. The molecule has 1 fully saturated rings. The summed E-state index contributed by atoms with van der Waals surface area (Å²) in [7, 11) is -4.32. The van der Waals surface area contributed by atoms with Crippen LogP contribution >= 0.6 is 0 Å². The third kappa shape index (κ3) is 5.39. The summed E-state index contributed by atoms with van der Waals surface area (Å²) in [5.74, 6) is -3.25. The third-order valence-corrected chi connectivity index (χ3v) is 5.67. The minimum absolute atomic E-state index is 0.0588. The molecule has 1 amide bonds. The van der Waals surface area contributed by atoms with Gasteiger partial charge in [0.15, 0.2) is 6.61 Å². The van der Waals surface area contributed by atoms with Crippen molar-refractivity contribution >= 4 is 21.9 Å². The lowest BCUT2D eigenvalue weighted by Gasteiger charge is -2.22. The van der Waals surface area contributed by atoms with E-state index < -0.39 is 58.0 Å². The predicted molar refractivity (Wildman–Crippen MR) is 83.3 cm³/mol. The maximum absolute atomic E-state index is 13.8. The number of ether oxygens (including phenoxy) is 1. The number of nitrogens with one attached hydrogen (secondary N) is 1. The summed E-state index contributed by atoms with van der Waals surface area (Å²) < 4.78 is 80.4. The molecule has 12 heteroatoms. The number of hydrogen-bond acceptors (Lipinski definition) is 5. The summed E-state index contributed by atoms with van der Waals surface area (Å²) in [4.78, 5) is 22.8. The maximum Gasteiger partial charge on any atom is 0.405 e. The number of nitrogens with zero attached hydrogens (tertiary/aromatic N) is 1. The van der Waals surface area contributed by atoms with Crippen LogP contribution in [0.1, 0.15) is 12.8 Å². The number of alkyl halides is 3. The Morgan fingerprint density at radius 3 is 2.56 bits per heavy atom. The number of carbonyl (C=O) groups excluding carboxylic acids is 2. The third-order valence-electron chi connectivity index (χ3n) is 3.73. The lowest BCUT2D eigenvalue weighted by Crippen LogP contribution is -2.43. The van der Waals surface area contributed by atoms with Gasteiger partial charge in [0.2, 0.25) is 10.0 Å². The van der Waals surface area contributed by atoms with Crippen LogP contribution in [0.5, 0.6) is 0 Å². The Kier molecular flexibility index (Phi) is 6.42. The lowest BCUT2D eigenvalue weighted by atomic mass is 10.2. The zero-order valence-electron chi connectivity index (χ0n) is 13.8. The molecule has 0 saturated carbocycles. The first-order chi connectivity index (χ1) is 12.5. The number of amides is 1. The Morgan fingerprint density at radius 2 is 1.93 bits per heavy atom. The van der Waals surface area contributed by atoms with Gasteiger partial charge in [0.05, 0.1) is 0 Å². The van der Waals surface area contributed by atoms with Crippen LogP contribution in [0.2, 0.25) is 0 Å². The molecule has 1 N–H and O–H groups in total. The van der Waals surface area contributed by atoms with Crippen LogP contribution in [0.15, 0.2) is 29.2 Å². The number of carbonyl (C=O) groups is 2. The van der Waals surface area contributed by atoms with E-state index in [1.807, 2.05) is 0 Å². The highest BCUT2D eigenvalue weighted by Gasteiger charge is 2.41. The Balaban J connectivity index is 2.02. The van der Waals surface area contributed by atoms with E-state index >= 15 is 0 Å². The molecule has 1 aliphatic rings. The van der Waals surface area contributed by atoms with Crippen LogP contribution in [0.3, 0.4) is 0 Å². The summed E-state index contributed by atoms with van der Waals surface area (Å²) in [5.41, 5.74) is 0. The minimum Gasteiger partial charge on any atom is -0.454 e. The van der Waals surface area contributed by atoms with E-state index in [1.165, 1.54) is 17.4 Å². The van der Waals surface area contributed by atoms with Crippen molar-refractivity contribution < 1.29 is 40.3 Å². The van der Waals surface area contributed by atoms with Crippen molar-refractivity contribution in [2.45, 2.75) is 30.0 Å². The van der Waals surface area contributed by atoms with Gasteiger partial charge in [-0.05, 0) is 25.0 Å². The monoisotopic (exact) mass is 412 g/mol. The van der Waals surface area contributed by atoms with Crippen molar-refractivity contribution in [3.8, 4) is 0 Å². The second-order valence-corrected chi connectivity index (χ2v) is 7.56. The molecule has 1 atom stereocenters. The molecule has 150 valence electrons. The number of benzene rings is 1. The second kappa shape index (κ2) is 8.21. The van der Waals surface area contributed by atoms with E-state index in [0.717, 1.165) is 16.4 Å². The number of hydrogen-bond donors (Lipinski definition) is 1. The Bertz CT molecular complexity index is 813. The van der Waals surface area contributed by atoms with Crippen molar-refractivity contribution in [2.24, 2.45) is 0 Å². The minimum atomic E-state index is -4.62. The highest BCUT2D eigenvalue weighted by atomic mass is 32.2. The molecule has 2 rings (SSSR count). The zero-order valence-corrected chi connectivity index (χ0v) is 14.6. The molecular weight excluding hydrogens is 396 g/mol. The largest absolute Gasteiger partial charge is 0.454 e. The van der Waals surface area contributed by atoms with Crippen molar-refractivity contribution in [1.29, 1.82) is 0 Å². The van der Waals surface area contributed by atoms with Crippen molar-refractivity contribution in [2.75, 3.05) is 19.7 Å². The van der Waals surface area contributed by atoms with E-state index in [-0.39, 0.29) is 13.0 Å². The van der Waals surface area contributed by atoms with Crippen LogP contribution in [0.4, 0.5) is 17.6 Å². The average Bonchev–Trinajstić information content (AvgIpc) is 3.08. The fraction of sp³-hybridized carbons (Fsp3) is 0.467. The molecule has 27 heavy (non-hydrogen) atoms. The van der Waals surface area contributed by atoms with Crippen LogP contribution < -0.4 is 5.32 Å². The first kappa shape index (κ1) is 21.1. The smallest absolute Gasteiger partial charge is 0.405 e. The van der Waals surface area contributed by atoms with Crippen LogP contribution in [0.25, 0.3) is 0 Å². The van der Waals surface area contributed by atoms with Gasteiger partial charge >= 0.3 is 12.1 Å². The molecule has 1 aliphatic heterocycles. The average molecular weight is 412 g/mol. The molecular formula is C15H16F4N2O5S. The predicted octanol–water partition coefficient (Wildman–Crippen LogP) is 1.20. The van der Waals surface area contributed by atoms with E-state index in [9.17, 15) is 35.6 Å². The van der Waals surface area contributed by atoms with E-state index in [2.05, 4.69) is 4.74 Å². The summed E-state index contributed by atoms with van der Waals surface area (Å²) in [6.45, 7) is -2.63. The first-order valence-corrected chi connectivity index (χ1v) is 9.23. The van der Waals surface area contributed by atoms with Crippen LogP contribution in [-0.4, -0.2) is 56.5 Å². The molecule has 1 aromatic carbocycles. The van der Waals surface area contributed by atoms with Gasteiger partial charge in [-0.25, -0.2) is 12.8 Å². The maximum atomic E-state index is 13.8. The highest BCUT2D eigenvalue weighted by Crippen LogP contribution is 2.28. The van der Waals surface area contributed by atoms with Gasteiger partial charge in [0.25, 0.3) is 5.91 Å². The van der Waals surface area contributed by atoms with E-state index in [0.29, 0.717) is 6.42 Å². The number of sulfonamides is 1. The quantitative estimate of drug-likeness (QED) is 0.560. The van der Waals surface area contributed by atoms with Crippen LogP contribution in [-0.2, 0) is 24.3 Å². The SMILES string of the molecule is O=C(COC(=O)[C@@H]1CCCN1S(=O)(=O)c1ccccc1F)NCC(F)(F)F. The topological polar surface area (TPSA) is 92.8 Å². The van der Waals surface area contributed by atoms with E-state index in [4.69, 9.17) is 0 Å². The molecule has 0 aliphatic carbocycles. The standard InChI is InChI=1S/C15H16F4N2O5S/c16-10-4-1-2-6-12(10)27(24,25)21-7-3-5-11(21)14(23)26-8-13(22)20-9-15(17,18)19/h1-2,4,6,11H,3,5,7-9H2,(H,20,22)/t11-/m0/s1. The Morgan fingerprint density at radius 1 is 1.26 bits per heavy atom. The molecule has 0 spiro atoms. The normalized spacial score (nSPS) is 18.3. The Hall–Kier alpha value is -2.21. The van der Waals surface area contributed by atoms with Gasteiger partial charge in [0, 0.05) is 6.54 Å². The summed E-state index contributed by atoms with van der Waals surface area (Å²) in [5, 5.41) is 1.52. The molecule has 1 aromatic rings. The molecule has 0 radical (unpaired) electrons. The fourth-order valence-corrected chi connectivity index (χ4v) is 4.24. The summed E-state index contributed by atoms with van der Waals surface area (Å²) in [6, 6.07) is 3.36. The Labute approximate surface area is 152 Å². The summed E-state index contributed by atoms with van der Waals surface area (Å²) in [6.07, 6.45) is -4.24. The molecule has 0 bridgehead atoms. The fourth-order valence-electron chi connectivity index (χ4n) is 2.53. The van der Waals surface area contributed by atoms with Gasteiger partial charge in [0.1, 0.15) is 23.3 Å². The van der Waals surface area contributed by atoms with Crippen molar-refractivity contribution in [3.05, 3.63) is 30.1 Å². The van der Waals surface area contributed by atoms with Gasteiger partial charge < -0.3 is 10.1 Å². The van der Waals surface area contributed by atoms with E-state index in [1.54, 1.807) is 0 Å². The van der Waals surface area contributed by atoms with Crippen LogP contribution in [0, 0.1) is 5.82 Å². The van der Waals surface area contributed by atoms with Crippen molar-refractivity contribution in [1.82, 2.24) is 9.62 Å². The first-order valence-electron chi connectivity index (χ1n) is 7.79. The number of halogens is 4. The number of rotatable bonds is 6. The highest BCUT2D eigenvalue weighted by molar-refractivity contribution is 7.89. The van der Waals surface area contributed by atoms with Gasteiger partial charge in [-0.2, -0.15) is 17.5 Å². The van der Waals surface area contributed by atoms with Gasteiger partial charge in [-0.15, -0.1) is 0 Å². The molecule has 1 heterocycles. The molecule has 7 nitrogen and oxygen atoms in total. The van der Waals surface area contributed by atoms with Gasteiger partial charge in [-0.3, -0.25) is 9.59 Å². The second-order valence-electron chi connectivity index (χ2n) is 5.70. The summed E-state index contributed by atoms with van der Waals surface area (Å²) >= 11 is 0. The van der Waals surface area contributed by atoms with Crippen molar-refractivity contribution in [3.63, 3.8) is 0 Å². The zero-order chi connectivity index (χ0) is 20.2.